The number of carbonyl (C=O) groups excluding carboxylic acids is 2. The van der Waals surface area contributed by atoms with Gasteiger partial charge in [0.2, 0.25) is 5.91 Å². The van der Waals surface area contributed by atoms with Crippen molar-refractivity contribution in [2.75, 3.05) is 6.54 Å². The van der Waals surface area contributed by atoms with Crippen molar-refractivity contribution in [3.8, 4) is 0 Å². The lowest BCUT2D eigenvalue weighted by Crippen LogP contribution is -2.48. The first-order chi connectivity index (χ1) is 7.88. The molecule has 0 heterocycles. The molecule has 0 aromatic heterocycles. The Morgan fingerprint density at radius 2 is 1.88 bits per heavy atom. The Morgan fingerprint density at radius 3 is 2.29 bits per heavy atom. The monoisotopic (exact) mass is 243 g/mol. The van der Waals surface area contributed by atoms with Crippen LogP contribution in [0.5, 0.6) is 0 Å². The largest absolute Gasteiger partial charge is 0.345 e. The van der Waals surface area contributed by atoms with Gasteiger partial charge in [-0.05, 0) is 38.6 Å². The topological polar surface area (TPSA) is 98.2 Å². The van der Waals surface area contributed by atoms with Gasteiger partial charge in [0.15, 0.2) is 5.78 Å². The Kier molecular flexibility index (Phi) is 7.74. The normalized spacial score (nSPS) is 14.5. The minimum atomic E-state index is -0.576. The highest BCUT2D eigenvalue weighted by Gasteiger charge is 2.21. The summed E-state index contributed by atoms with van der Waals surface area (Å²) in [6.45, 7) is 6.02. The van der Waals surface area contributed by atoms with Crippen molar-refractivity contribution in [3.63, 3.8) is 0 Å². The predicted molar refractivity (Wildman–Crippen MR) is 68.3 cm³/mol. The molecular weight excluding hydrogens is 218 g/mol. The number of Topliss-reactive ketones (excluding diaryl/α,β-unsaturated/α-hetero) is 1. The molecule has 0 rings (SSSR count). The van der Waals surface area contributed by atoms with Crippen LogP contribution < -0.4 is 16.8 Å². The zero-order chi connectivity index (χ0) is 13.4. The van der Waals surface area contributed by atoms with Gasteiger partial charge in [-0.25, -0.2) is 0 Å². The van der Waals surface area contributed by atoms with E-state index in [2.05, 4.69) is 5.32 Å². The summed E-state index contributed by atoms with van der Waals surface area (Å²) in [7, 11) is 0. The molecule has 0 aliphatic carbocycles. The van der Waals surface area contributed by atoms with Crippen LogP contribution in [0.3, 0.4) is 0 Å². The van der Waals surface area contributed by atoms with Crippen LogP contribution in [0.4, 0.5) is 0 Å². The molecule has 0 fully saturated rings. The third-order valence-electron chi connectivity index (χ3n) is 2.57. The average Bonchev–Trinajstić information content (AvgIpc) is 2.23. The van der Waals surface area contributed by atoms with Crippen molar-refractivity contribution in [3.05, 3.63) is 0 Å². The quantitative estimate of drug-likeness (QED) is 0.566. The highest BCUT2D eigenvalue weighted by atomic mass is 16.2. The molecule has 0 aliphatic rings. The maximum atomic E-state index is 11.7. The summed E-state index contributed by atoms with van der Waals surface area (Å²) in [5.41, 5.74) is 11.1. The molecule has 100 valence electrons. The summed E-state index contributed by atoms with van der Waals surface area (Å²) in [6, 6.07) is -1.00. The molecule has 0 saturated heterocycles. The highest BCUT2D eigenvalue weighted by molar-refractivity contribution is 5.89. The van der Waals surface area contributed by atoms with E-state index in [1.165, 1.54) is 6.92 Å². The Balaban J connectivity index is 4.25. The van der Waals surface area contributed by atoms with Gasteiger partial charge < -0.3 is 16.8 Å². The van der Waals surface area contributed by atoms with Gasteiger partial charge in [0.05, 0.1) is 12.1 Å². The second-order valence-corrected chi connectivity index (χ2v) is 4.84. The van der Waals surface area contributed by atoms with Crippen LogP contribution in [0.25, 0.3) is 0 Å². The average molecular weight is 243 g/mol. The molecule has 5 N–H and O–H groups in total. The van der Waals surface area contributed by atoms with E-state index in [1.807, 2.05) is 13.8 Å². The third-order valence-corrected chi connectivity index (χ3v) is 2.57. The van der Waals surface area contributed by atoms with Crippen LogP contribution in [0.15, 0.2) is 0 Å². The fourth-order valence-electron chi connectivity index (χ4n) is 1.55. The molecule has 17 heavy (non-hydrogen) atoms. The summed E-state index contributed by atoms with van der Waals surface area (Å²) in [5, 5.41) is 2.70. The van der Waals surface area contributed by atoms with Gasteiger partial charge >= 0.3 is 0 Å². The minimum absolute atomic E-state index is 0.0296. The number of hydrogen-bond acceptors (Lipinski definition) is 4. The Hall–Kier alpha value is -0.940. The summed E-state index contributed by atoms with van der Waals surface area (Å²) < 4.78 is 0. The van der Waals surface area contributed by atoms with Crippen molar-refractivity contribution in [1.82, 2.24) is 5.32 Å². The lowest BCUT2D eigenvalue weighted by Gasteiger charge is -2.20. The first kappa shape index (κ1) is 16.1. The number of hydrogen-bond donors (Lipinski definition) is 3. The van der Waals surface area contributed by atoms with E-state index in [4.69, 9.17) is 11.5 Å². The summed E-state index contributed by atoms with van der Waals surface area (Å²) >= 11 is 0. The second kappa shape index (κ2) is 8.20. The van der Waals surface area contributed by atoms with Crippen LogP contribution in [0.2, 0.25) is 0 Å². The second-order valence-electron chi connectivity index (χ2n) is 4.84. The molecule has 0 unspecified atom stereocenters. The van der Waals surface area contributed by atoms with Crippen LogP contribution >= 0.6 is 0 Å². The third kappa shape index (κ3) is 7.07. The first-order valence-electron chi connectivity index (χ1n) is 6.15. The molecule has 0 spiro atoms. The maximum absolute atomic E-state index is 11.7. The van der Waals surface area contributed by atoms with Crippen molar-refractivity contribution in [2.45, 2.75) is 52.1 Å². The van der Waals surface area contributed by atoms with Crippen LogP contribution in [-0.4, -0.2) is 30.3 Å². The van der Waals surface area contributed by atoms with E-state index in [1.54, 1.807) is 0 Å². The Bertz CT molecular complexity index is 254. The number of nitrogens with two attached hydrogens (primary N) is 2. The fraction of sp³-hybridized carbons (Fsp3) is 0.833. The van der Waals surface area contributed by atoms with Crippen molar-refractivity contribution in [1.29, 1.82) is 0 Å². The lowest BCUT2D eigenvalue weighted by atomic mass is 10.0. The lowest BCUT2D eigenvalue weighted by molar-refractivity contribution is -0.128. The smallest absolute Gasteiger partial charge is 0.237 e. The zero-order valence-corrected chi connectivity index (χ0v) is 11.0. The van der Waals surface area contributed by atoms with Gasteiger partial charge in [0.25, 0.3) is 0 Å². The fourth-order valence-corrected chi connectivity index (χ4v) is 1.55. The SMILES string of the molecule is CC(=O)[C@@H](CC(C)C)NC(=O)[C@@H](N)CCCN. The van der Waals surface area contributed by atoms with Crippen LogP contribution in [-0.2, 0) is 9.59 Å². The van der Waals surface area contributed by atoms with Crippen molar-refractivity contribution in [2.24, 2.45) is 17.4 Å². The van der Waals surface area contributed by atoms with E-state index >= 15 is 0 Å². The maximum Gasteiger partial charge on any atom is 0.237 e. The number of rotatable bonds is 8. The van der Waals surface area contributed by atoms with E-state index in [9.17, 15) is 9.59 Å². The van der Waals surface area contributed by atoms with Gasteiger partial charge in [-0.3, -0.25) is 9.59 Å². The Labute approximate surface area is 103 Å². The standard InChI is InChI=1S/C12H25N3O2/c1-8(2)7-11(9(3)16)15-12(17)10(14)5-4-6-13/h8,10-11H,4-7,13-14H2,1-3H3,(H,15,17)/t10-,11+/m0/s1. The molecule has 0 aromatic carbocycles. The van der Waals surface area contributed by atoms with E-state index in [0.717, 1.165) is 0 Å². The van der Waals surface area contributed by atoms with Crippen molar-refractivity contribution < 1.29 is 9.59 Å². The summed E-state index contributed by atoms with van der Waals surface area (Å²) in [6.07, 6.45) is 1.91. The predicted octanol–water partition coefficient (Wildman–Crippen LogP) is 0.173. The summed E-state index contributed by atoms with van der Waals surface area (Å²) in [4.78, 5) is 23.1. The molecule has 0 bridgehead atoms. The van der Waals surface area contributed by atoms with Gasteiger partial charge in [-0.1, -0.05) is 13.8 Å². The van der Waals surface area contributed by atoms with Crippen LogP contribution in [0.1, 0.15) is 40.0 Å². The molecule has 0 aromatic rings. The van der Waals surface area contributed by atoms with Crippen molar-refractivity contribution >= 4 is 11.7 Å². The highest BCUT2D eigenvalue weighted by Crippen LogP contribution is 2.06. The van der Waals surface area contributed by atoms with Gasteiger partial charge in [0, 0.05) is 0 Å². The van der Waals surface area contributed by atoms with E-state index in [0.29, 0.717) is 31.7 Å². The number of carbonyl (C=O) groups is 2. The van der Waals surface area contributed by atoms with Crippen LogP contribution in [0, 0.1) is 5.92 Å². The van der Waals surface area contributed by atoms with E-state index in [-0.39, 0.29) is 11.7 Å². The van der Waals surface area contributed by atoms with Gasteiger partial charge in [0.1, 0.15) is 0 Å². The first-order valence-corrected chi connectivity index (χ1v) is 6.15. The molecule has 0 aliphatic heterocycles. The molecule has 2 atom stereocenters. The Morgan fingerprint density at radius 1 is 1.29 bits per heavy atom. The summed E-state index contributed by atoms with van der Waals surface area (Å²) in [5.74, 6) is 0.0573. The molecule has 5 heteroatoms. The molecule has 0 saturated carbocycles. The number of ketones is 1. The zero-order valence-electron chi connectivity index (χ0n) is 11.0. The number of nitrogens with one attached hydrogen (secondary N) is 1. The molecule has 5 nitrogen and oxygen atoms in total. The van der Waals surface area contributed by atoms with Gasteiger partial charge in [-0.2, -0.15) is 0 Å². The molecular formula is C12H25N3O2. The molecule has 0 radical (unpaired) electrons. The number of amides is 1. The molecule has 1 amide bonds. The van der Waals surface area contributed by atoms with Gasteiger partial charge in [-0.15, -0.1) is 0 Å². The minimum Gasteiger partial charge on any atom is -0.345 e. The van der Waals surface area contributed by atoms with E-state index < -0.39 is 12.1 Å².